The van der Waals surface area contributed by atoms with Crippen molar-refractivity contribution in [2.45, 2.75) is 0 Å². The van der Waals surface area contributed by atoms with Crippen molar-refractivity contribution in [2.75, 3.05) is 0 Å². The Bertz CT molecular complexity index is 2040. The molecule has 0 aliphatic carbocycles. The van der Waals surface area contributed by atoms with E-state index in [1.165, 1.54) is 0 Å². The summed E-state index contributed by atoms with van der Waals surface area (Å²) in [6, 6.07) is 32.2. The van der Waals surface area contributed by atoms with Gasteiger partial charge in [-0.3, -0.25) is 0 Å². The molecule has 2 aliphatic rings. The van der Waals surface area contributed by atoms with Crippen molar-refractivity contribution in [3.8, 4) is 45.6 Å². The van der Waals surface area contributed by atoms with Crippen molar-refractivity contribution in [2.24, 2.45) is 0 Å². The molecule has 197 valence electrons. The van der Waals surface area contributed by atoms with Crippen LogP contribution in [0.1, 0.15) is 0 Å². The van der Waals surface area contributed by atoms with Gasteiger partial charge in [0.1, 0.15) is 22.6 Å². The van der Waals surface area contributed by atoms with Crippen LogP contribution in [0.25, 0.3) is 89.7 Å². The molecule has 9 rings (SSSR count). The first-order chi connectivity index (χ1) is 19.8. The molecule has 0 spiro atoms. The molecule has 0 fully saturated rings. The predicted molar refractivity (Wildman–Crippen MR) is 163 cm³/mol. The summed E-state index contributed by atoms with van der Waals surface area (Å²) in [4.78, 5) is 36.8. The monoisotopic (exact) mass is 597 g/mol. The maximum absolute atomic E-state index is 5.02. The molecular weight excluding hydrogens is 578 g/mol. The quantitative estimate of drug-likeness (QED) is 0.201. The minimum absolute atomic E-state index is 0. The third-order valence-electron chi connectivity index (χ3n) is 7.46. The third-order valence-corrected chi connectivity index (χ3v) is 7.46. The fourth-order valence-corrected chi connectivity index (χ4v) is 5.59. The molecule has 0 amide bonds. The van der Waals surface area contributed by atoms with Gasteiger partial charge < -0.3 is 9.97 Å². The van der Waals surface area contributed by atoms with Crippen LogP contribution in [-0.2, 0) is 16.8 Å². The van der Waals surface area contributed by atoms with Gasteiger partial charge in [-0.15, -0.1) is 0 Å². The van der Waals surface area contributed by atoms with E-state index < -0.39 is 0 Å². The zero-order valence-electron chi connectivity index (χ0n) is 21.3. The molecule has 42 heavy (non-hydrogen) atoms. The van der Waals surface area contributed by atoms with Gasteiger partial charge in [0.2, 0.25) is 0 Å². The largest absolute Gasteiger partial charge is 0.324 e. The van der Waals surface area contributed by atoms with E-state index in [0.717, 1.165) is 43.8 Å². The van der Waals surface area contributed by atoms with Crippen LogP contribution in [0.4, 0.5) is 0 Å². The molecule has 0 unspecified atom stereocenters. The van der Waals surface area contributed by atoms with E-state index in [0.29, 0.717) is 45.9 Å². The Kier molecular flexibility index (Phi) is 6.49. The molecule has 3 aromatic heterocycles. The summed E-state index contributed by atoms with van der Waals surface area (Å²) in [7, 11) is 0. The van der Waals surface area contributed by atoms with E-state index in [-0.39, 0.29) is 46.3 Å². The van der Waals surface area contributed by atoms with Gasteiger partial charge in [-0.05, 0) is 0 Å². The molecule has 10 heteroatoms. The molecule has 8 nitrogen and oxygen atoms in total. The van der Waals surface area contributed by atoms with Crippen molar-refractivity contribution >= 4 is 73.7 Å². The van der Waals surface area contributed by atoms with E-state index in [1.54, 1.807) is 0 Å². The molecule has 8 bridgehead atoms. The molecular formula is C32H19CoN8Na. The Hall–Kier alpha value is -4.25. The summed E-state index contributed by atoms with van der Waals surface area (Å²) >= 11 is 0. The van der Waals surface area contributed by atoms with Gasteiger partial charge >= 0.3 is 29.6 Å². The molecule has 1 radical (unpaired) electrons. The minimum atomic E-state index is 0. The number of hydrogen-bond donors (Lipinski definition) is 2. The van der Waals surface area contributed by atoms with E-state index >= 15 is 0 Å². The Labute approximate surface area is 271 Å². The summed E-state index contributed by atoms with van der Waals surface area (Å²) < 4.78 is 0. The minimum Gasteiger partial charge on any atom is -0.324 e. The smallest absolute Gasteiger partial charge is 0.164 e. The Morgan fingerprint density at radius 3 is 0.833 bits per heavy atom. The summed E-state index contributed by atoms with van der Waals surface area (Å²) in [5.41, 5.74) is 6.45. The molecule has 0 saturated carbocycles. The first kappa shape index (κ1) is 26.6. The third kappa shape index (κ3) is 4.01. The van der Waals surface area contributed by atoms with Crippen LogP contribution in [0, 0.1) is 0 Å². The van der Waals surface area contributed by atoms with Crippen LogP contribution in [0.15, 0.2) is 97.1 Å². The Morgan fingerprint density at radius 1 is 0.333 bits per heavy atom. The second-order valence-corrected chi connectivity index (χ2v) is 9.79. The van der Waals surface area contributed by atoms with Gasteiger partial charge in [-0.2, -0.15) is 0 Å². The number of rotatable bonds is 0. The molecule has 2 N–H and O–H groups in total. The van der Waals surface area contributed by atoms with Gasteiger partial charge in [-0.1, -0.05) is 97.1 Å². The normalized spacial score (nSPS) is 11.4. The Morgan fingerprint density at radius 2 is 0.571 bits per heavy atom. The van der Waals surface area contributed by atoms with Crippen molar-refractivity contribution in [3.05, 3.63) is 97.1 Å². The van der Waals surface area contributed by atoms with Gasteiger partial charge in [0.15, 0.2) is 23.3 Å². The number of fused-ring (bicyclic) bond motifs is 20. The van der Waals surface area contributed by atoms with Gasteiger partial charge in [0.05, 0.1) is 0 Å². The zero-order chi connectivity index (χ0) is 26.2. The second kappa shape index (κ2) is 10.2. The van der Waals surface area contributed by atoms with Gasteiger partial charge in [-0.25, -0.2) is 29.9 Å². The van der Waals surface area contributed by atoms with Gasteiger partial charge in [0, 0.05) is 60.6 Å². The number of hydrogen-bond acceptors (Lipinski definition) is 6. The number of nitrogens with one attached hydrogen (secondary N) is 2. The fraction of sp³-hybridized carbons (Fsp3) is 0. The fourth-order valence-electron chi connectivity index (χ4n) is 5.59. The number of benzene rings is 4. The first-order valence-electron chi connectivity index (χ1n) is 13.0. The van der Waals surface area contributed by atoms with Crippen molar-refractivity contribution in [1.29, 1.82) is 0 Å². The number of nitrogens with zero attached hydrogens (tertiary/aromatic N) is 6. The molecule has 5 heterocycles. The molecule has 0 saturated heterocycles. The summed E-state index contributed by atoms with van der Waals surface area (Å²) in [6.07, 6.45) is 0. The standard InChI is InChI=1S/C32H18N8.Co.Na.H/c1-2-10-18-17(9-1)25-33-26(18)38-28-21-13-5-6-14-22(21)30(35-28)40-32-24-16-8-7-15-23(24)31(36-32)39-29-20-12-4-3-11-19(20)27(34-29)37-25;;;/h1-16H,(H2,33,34,35,36,37,38,39,40);;;. The maximum Gasteiger partial charge on any atom is 0.164 e. The number of aromatic nitrogens is 8. The van der Waals surface area contributed by atoms with Crippen LogP contribution in [0.2, 0.25) is 0 Å². The van der Waals surface area contributed by atoms with E-state index in [4.69, 9.17) is 29.9 Å². The molecule has 2 aliphatic heterocycles. The second-order valence-electron chi connectivity index (χ2n) is 9.79. The van der Waals surface area contributed by atoms with Crippen molar-refractivity contribution in [3.63, 3.8) is 0 Å². The van der Waals surface area contributed by atoms with Crippen molar-refractivity contribution < 1.29 is 16.8 Å². The van der Waals surface area contributed by atoms with E-state index in [9.17, 15) is 0 Å². The van der Waals surface area contributed by atoms with Gasteiger partial charge in [0.25, 0.3) is 0 Å². The van der Waals surface area contributed by atoms with Crippen LogP contribution in [-0.4, -0.2) is 69.4 Å². The van der Waals surface area contributed by atoms with E-state index in [2.05, 4.69) is 9.97 Å². The van der Waals surface area contributed by atoms with E-state index in [1.807, 2.05) is 97.1 Å². The Balaban J connectivity index is 0.00000144. The zero-order valence-corrected chi connectivity index (χ0v) is 22.3. The molecule has 0 atom stereocenters. The van der Waals surface area contributed by atoms with Crippen LogP contribution >= 0.6 is 0 Å². The maximum atomic E-state index is 5.02. The summed E-state index contributed by atoms with van der Waals surface area (Å²) in [5, 5.41) is 3.82. The van der Waals surface area contributed by atoms with Crippen LogP contribution in [0.5, 0.6) is 0 Å². The van der Waals surface area contributed by atoms with Crippen molar-refractivity contribution in [1.82, 2.24) is 39.9 Å². The topological polar surface area (TPSA) is 109 Å². The summed E-state index contributed by atoms with van der Waals surface area (Å²) in [5.74, 6) is 2.39. The average molecular weight is 597 g/mol. The predicted octanol–water partition coefficient (Wildman–Crippen LogP) is 6.22. The average Bonchev–Trinajstić information content (AvgIpc) is 3.73. The number of H-pyrrole nitrogens is 2. The molecule has 7 aromatic rings. The van der Waals surface area contributed by atoms with Crippen LogP contribution in [0.3, 0.4) is 0 Å². The van der Waals surface area contributed by atoms with Crippen LogP contribution < -0.4 is 0 Å². The number of aromatic amines is 2. The SMILES string of the molecule is [Co].[NaH].c1ccc2c(c1)-c1nc-2nc2[nH]c(nc3nc(nc4[nH]c(n1)c1ccccc41)-c1ccccc1-3)c1ccccc21. The molecule has 4 aromatic carbocycles. The summed E-state index contributed by atoms with van der Waals surface area (Å²) in [6.45, 7) is 0. The first-order valence-corrected chi connectivity index (χ1v) is 13.0.